The number of hydrogen-bond acceptors (Lipinski definition) is 3. The predicted octanol–water partition coefficient (Wildman–Crippen LogP) is 1.19. The third-order valence-electron chi connectivity index (χ3n) is 1.62. The number of nitrogens with zero attached hydrogens (tertiary/aromatic N) is 1. The van der Waals surface area contributed by atoms with Crippen molar-refractivity contribution in [2.45, 2.75) is 32.9 Å². The second-order valence-electron chi connectivity index (χ2n) is 4.25. The smallest absolute Gasteiger partial charge is 0.326 e. The van der Waals surface area contributed by atoms with Crippen molar-refractivity contribution in [1.29, 1.82) is 0 Å². The van der Waals surface area contributed by atoms with E-state index >= 15 is 0 Å². The second kappa shape index (κ2) is 4.29. The SMILES string of the molecule is CC(C)(C)OC(=O)Cn1ccccc1=O. The van der Waals surface area contributed by atoms with Crippen LogP contribution in [0.5, 0.6) is 0 Å². The molecule has 0 saturated carbocycles. The lowest BCUT2D eigenvalue weighted by Crippen LogP contribution is -2.29. The maximum Gasteiger partial charge on any atom is 0.326 e. The Morgan fingerprint density at radius 1 is 1.40 bits per heavy atom. The van der Waals surface area contributed by atoms with Crippen LogP contribution in [0.3, 0.4) is 0 Å². The summed E-state index contributed by atoms with van der Waals surface area (Å²) in [7, 11) is 0. The van der Waals surface area contributed by atoms with E-state index in [4.69, 9.17) is 4.74 Å². The van der Waals surface area contributed by atoms with E-state index in [1.807, 2.05) is 0 Å². The van der Waals surface area contributed by atoms with Gasteiger partial charge in [0.2, 0.25) is 0 Å². The Morgan fingerprint density at radius 2 is 2.07 bits per heavy atom. The maximum absolute atomic E-state index is 11.4. The summed E-state index contributed by atoms with van der Waals surface area (Å²) in [5.74, 6) is -0.407. The minimum absolute atomic E-state index is 0.0447. The fourth-order valence-corrected chi connectivity index (χ4v) is 1.10. The number of ether oxygens (including phenoxy) is 1. The van der Waals surface area contributed by atoms with Gasteiger partial charge < -0.3 is 9.30 Å². The third kappa shape index (κ3) is 3.97. The van der Waals surface area contributed by atoms with Gasteiger partial charge >= 0.3 is 5.97 Å². The van der Waals surface area contributed by atoms with Crippen molar-refractivity contribution in [3.63, 3.8) is 0 Å². The molecule has 15 heavy (non-hydrogen) atoms. The average molecular weight is 209 g/mol. The Morgan fingerprint density at radius 3 is 2.60 bits per heavy atom. The fourth-order valence-electron chi connectivity index (χ4n) is 1.10. The number of hydrogen-bond donors (Lipinski definition) is 0. The average Bonchev–Trinajstić information content (AvgIpc) is 2.05. The molecule has 1 aromatic heterocycles. The summed E-state index contributed by atoms with van der Waals surface area (Å²) in [6.07, 6.45) is 1.56. The first-order chi connectivity index (χ1) is 6.88. The minimum Gasteiger partial charge on any atom is -0.459 e. The van der Waals surface area contributed by atoms with Crippen LogP contribution >= 0.6 is 0 Å². The predicted molar refractivity (Wildman–Crippen MR) is 56.5 cm³/mol. The van der Waals surface area contributed by atoms with Gasteiger partial charge in [0.05, 0.1) is 0 Å². The Hall–Kier alpha value is -1.58. The Balaban J connectivity index is 2.68. The van der Waals surface area contributed by atoms with Crippen LogP contribution in [0.2, 0.25) is 0 Å². The topological polar surface area (TPSA) is 48.3 Å². The van der Waals surface area contributed by atoms with E-state index in [1.54, 1.807) is 39.1 Å². The summed E-state index contributed by atoms with van der Waals surface area (Å²) < 4.78 is 6.41. The van der Waals surface area contributed by atoms with Crippen LogP contribution in [0.25, 0.3) is 0 Å². The van der Waals surface area contributed by atoms with Crippen LogP contribution in [0.15, 0.2) is 29.2 Å². The number of carbonyl (C=O) groups is 1. The van der Waals surface area contributed by atoms with Crippen LogP contribution in [0.4, 0.5) is 0 Å². The van der Waals surface area contributed by atoms with Crippen molar-refractivity contribution >= 4 is 5.97 Å². The fraction of sp³-hybridized carbons (Fsp3) is 0.455. The van der Waals surface area contributed by atoms with Gasteiger partial charge in [-0.2, -0.15) is 0 Å². The molecular weight excluding hydrogens is 194 g/mol. The van der Waals surface area contributed by atoms with E-state index in [0.29, 0.717) is 0 Å². The first kappa shape index (κ1) is 11.5. The largest absolute Gasteiger partial charge is 0.459 e. The van der Waals surface area contributed by atoms with Crippen LogP contribution in [-0.2, 0) is 16.1 Å². The second-order valence-corrected chi connectivity index (χ2v) is 4.25. The molecule has 0 amide bonds. The normalized spacial score (nSPS) is 11.1. The van der Waals surface area contributed by atoms with Crippen molar-refractivity contribution in [1.82, 2.24) is 4.57 Å². The first-order valence-electron chi connectivity index (χ1n) is 4.76. The van der Waals surface area contributed by atoms with Gasteiger partial charge in [-0.05, 0) is 26.8 Å². The van der Waals surface area contributed by atoms with E-state index < -0.39 is 11.6 Å². The zero-order valence-corrected chi connectivity index (χ0v) is 9.19. The summed E-state index contributed by atoms with van der Waals surface area (Å²) >= 11 is 0. The van der Waals surface area contributed by atoms with Gasteiger partial charge in [0, 0.05) is 12.3 Å². The van der Waals surface area contributed by atoms with Crippen molar-refractivity contribution in [3.8, 4) is 0 Å². The first-order valence-corrected chi connectivity index (χ1v) is 4.76. The molecule has 0 aliphatic carbocycles. The molecule has 0 atom stereocenters. The molecule has 0 fully saturated rings. The van der Waals surface area contributed by atoms with Crippen molar-refractivity contribution in [2.24, 2.45) is 0 Å². The summed E-state index contributed by atoms with van der Waals surface area (Å²) in [4.78, 5) is 22.7. The molecule has 4 heteroatoms. The van der Waals surface area contributed by atoms with Crippen molar-refractivity contribution in [2.75, 3.05) is 0 Å². The van der Waals surface area contributed by atoms with Gasteiger partial charge in [0.15, 0.2) is 0 Å². The zero-order chi connectivity index (χ0) is 11.5. The lowest BCUT2D eigenvalue weighted by Gasteiger charge is -2.19. The minimum atomic E-state index is -0.518. The van der Waals surface area contributed by atoms with Gasteiger partial charge in [-0.15, -0.1) is 0 Å². The maximum atomic E-state index is 11.4. The molecule has 0 radical (unpaired) electrons. The third-order valence-corrected chi connectivity index (χ3v) is 1.62. The van der Waals surface area contributed by atoms with Crippen molar-refractivity contribution < 1.29 is 9.53 Å². The number of carbonyl (C=O) groups excluding carboxylic acids is 1. The van der Waals surface area contributed by atoms with Gasteiger partial charge in [0.1, 0.15) is 12.1 Å². The summed E-state index contributed by atoms with van der Waals surface area (Å²) in [5.41, 5.74) is -0.724. The Labute approximate surface area is 88.5 Å². The van der Waals surface area contributed by atoms with E-state index in [2.05, 4.69) is 0 Å². The molecular formula is C11H15NO3. The lowest BCUT2D eigenvalue weighted by molar-refractivity contribution is -0.155. The van der Waals surface area contributed by atoms with Gasteiger partial charge in [-0.1, -0.05) is 6.07 Å². The van der Waals surface area contributed by atoms with Gasteiger partial charge in [0.25, 0.3) is 5.56 Å². The van der Waals surface area contributed by atoms with Crippen LogP contribution < -0.4 is 5.56 Å². The Bertz CT molecular complexity index is 401. The molecule has 0 aliphatic heterocycles. The summed E-state index contributed by atoms with van der Waals surface area (Å²) in [6, 6.07) is 4.74. The zero-order valence-electron chi connectivity index (χ0n) is 9.19. The number of aromatic nitrogens is 1. The summed E-state index contributed by atoms with van der Waals surface area (Å²) in [6.45, 7) is 5.33. The van der Waals surface area contributed by atoms with Crippen LogP contribution in [0.1, 0.15) is 20.8 Å². The molecule has 4 nitrogen and oxygen atoms in total. The summed E-state index contributed by atoms with van der Waals surface area (Å²) in [5, 5.41) is 0. The molecule has 0 unspecified atom stereocenters. The van der Waals surface area contributed by atoms with Gasteiger partial charge in [-0.25, -0.2) is 0 Å². The van der Waals surface area contributed by atoms with Crippen LogP contribution in [-0.4, -0.2) is 16.1 Å². The molecule has 0 spiro atoms. The molecule has 1 aromatic rings. The molecule has 0 saturated heterocycles. The molecule has 82 valence electrons. The number of rotatable bonds is 2. The highest BCUT2D eigenvalue weighted by Crippen LogP contribution is 2.07. The van der Waals surface area contributed by atoms with E-state index in [0.717, 1.165) is 0 Å². The molecule has 1 rings (SSSR count). The molecule has 1 heterocycles. The molecule has 0 N–H and O–H groups in total. The highest BCUT2D eigenvalue weighted by Gasteiger charge is 2.16. The van der Waals surface area contributed by atoms with E-state index in [-0.39, 0.29) is 12.1 Å². The van der Waals surface area contributed by atoms with E-state index in [9.17, 15) is 9.59 Å². The Kier molecular flexibility index (Phi) is 3.29. The molecule has 0 aliphatic rings. The molecule has 0 bridgehead atoms. The lowest BCUT2D eigenvalue weighted by atomic mass is 10.2. The van der Waals surface area contributed by atoms with Crippen molar-refractivity contribution in [3.05, 3.63) is 34.7 Å². The number of pyridine rings is 1. The standard InChI is InChI=1S/C11H15NO3/c1-11(2,3)15-10(14)8-12-7-5-4-6-9(12)13/h4-7H,8H2,1-3H3. The van der Waals surface area contributed by atoms with E-state index in [1.165, 1.54) is 10.6 Å². The monoisotopic (exact) mass is 209 g/mol. The highest BCUT2D eigenvalue weighted by atomic mass is 16.6. The van der Waals surface area contributed by atoms with Crippen LogP contribution in [0, 0.1) is 0 Å². The highest BCUT2D eigenvalue weighted by molar-refractivity contribution is 5.69. The molecule has 0 aromatic carbocycles. The quantitative estimate of drug-likeness (QED) is 0.687. The number of esters is 1. The van der Waals surface area contributed by atoms with Gasteiger partial charge in [-0.3, -0.25) is 9.59 Å².